The Morgan fingerprint density at radius 1 is 1.10 bits per heavy atom. The summed E-state index contributed by atoms with van der Waals surface area (Å²) in [4.78, 5) is 4.41. The van der Waals surface area contributed by atoms with Crippen LogP contribution in [-0.4, -0.2) is 21.1 Å². The lowest BCUT2D eigenvalue weighted by Crippen LogP contribution is -2.05. The van der Waals surface area contributed by atoms with Gasteiger partial charge in [-0.2, -0.15) is 0 Å². The molecule has 0 aliphatic carbocycles. The van der Waals surface area contributed by atoms with Gasteiger partial charge in [0.1, 0.15) is 5.82 Å². The van der Waals surface area contributed by atoms with Crippen molar-refractivity contribution in [3.05, 3.63) is 48.2 Å². The SMILES string of the molecule is CCCNc1ccc2ncc(-c3ccc(C)cc3)n2n1. The van der Waals surface area contributed by atoms with E-state index < -0.39 is 0 Å². The second-order valence-corrected chi connectivity index (χ2v) is 4.92. The molecule has 20 heavy (non-hydrogen) atoms. The molecule has 0 atom stereocenters. The first kappa shape index (κ1) is 12.7. The lowest BCUT2D eigenvalue weighted by molar-refractivity contribution is 0.910. The van der Waals surface area contributed by atoms with Gasteiger partial charge in [0.2, 0.25) is 0 Å². The molecule has 0 saturated heterocycles. The standard InChI is InChI=1S/C16H18N4/c1-3-10-17-15-8-9-16-18-11-14(20(16)19-15)13-6-4-12(2)5-7-13/h4-9,11H,3,10H2,1-2H3,(H,17,19). The minimum atomic E-state index is 0.864. The van der Waals surface area contributed by atoms with Crippen molar-refractivity contribution < 1.29 is 0 Å². The number of hydrogen-bond acceptors (Lipinski definition) is 3. The summed E-state index contributed by atoms with van der Waals surface area (Å²) < 4.78 is 1.89. The number of fused-ring (bicyclic) bond motifs is 1. The first-order chi connectivity index (χ1) is 9.78. The lowest BCUT2D eigenvalue weighted by atomic mass is 10.1. The molecule has 0 saturated carbocycles. The number of rotatable bonds is 4. The lowest BCUT2D eigenvalue weighted by Gasteiger charge is -2.06. The van der Waals surface area contributed by atoms with E-state index >= 15 is 0 Å². The van der Waals surface area contributed by atoms with Crippen LogP contribution in [0.15, 0.2) is 42.6 Å². The highest BCUT2D eigenvalue weighted by molar-refractivity contribution is 5.63. The number of benzene rings is 1. The molecule has 0 spiro atoms. The van der Waals surface area contributed by atoms with Crippen LogP contribution in [-0.2, 0) is 0 Å². The molecule has 0 fully saturated rings. The highest BCUT2D eigenvalue weighted by Crippen LogP contribution is 2.21. The highest BCUT2D eigenvalue weighted by atomic mass is 15.3. The molecule has 3 aromatic rings. The Kier molecular flexibility index (Phi) is 3.37. The van der Waals surface area contributed by atoms with Gasteiger partial charge in [-0.05, 0) is 25.5 Å². The van der Waals surface area contributed by atoms with E-state index in [4.69, 9.17) is 0 Å². The average Bonchev–Trinajstić information content (AvgIpc) is 2.89. The summed E-state index contributed by atoms with van der Waals surface area (Å²) >= 11 is 0. The van der Waals surface area contributed by atoms with Crippen molar-refractivity contribution in [3.63, 3.8) is 0 Å². The Morgan fingerprint density at radius 2 is 1.90 bits per heavy atom. The third-order valence-corrected chi connectivity index (χ3v) is 3.27. The Morgan fingerprint density at radius 3 is 2.65 bits per heavy atom. The van der Waals surface area contributed by atoms with Crippen molar-refractivity contribution in [1.29, 1.82) is 0 Å². The highest BCUT2D eigenvalue weighted by Gasteiger charge is 2.07. The summed E-state index contributed by atoms with van der Waals surface area (Å²) in [5.41, 5.74) is 4.26. The summed E-state index contributed by atoms with van der Waals surface area (Å²) in [6.07, 6.45) is 2.95. The molecule has 3 rings (SSSR count). The van der Waals surface area contributed by atoms with E-state index in [1.54, 1.807) is 0 Å². The van der Waals surface area contributed by atoms with E-state index in [-0.39, 0.29) is 0 Å². The molecule has 0 bridgehead atoms. The van der Waals surface area contributed by atoms with Gasteiger partial charge in [0.25, 0.3) is 0 Å². The van der Waals surface area contributed by atoms with Crippen molar-refractivity contribution in [2.45, 2.75) is 20.3 Å². The Balaban J connectivity index is 2.04. The maximum Gasteiger partial charge on any atom is 0.154 e. The largest absolute Gasteiger partial charge is 0.369 e. The van der Waals surface area contributed by atoms with Crippen LogP contribution in [0, 0.1) is 6.92 Å². The number of imidazole rings is 1. The van der Waals surface area contributed by atoms with E-state index in [2.05, 4.69) is 53.5 Å². The monoisotopic (exact) mass is 266 g/mol. The summed E-state index contributed by atoms with van der Waals surface area (Å²) in [5, 5.41) is 7.92. The van der Waals surface area contributed by atoms with Crippen LogP contribution >= 0.6 is 0 Å². The topological polar surface area (TPSA) is 42.2 Å². The molecule has 0 amide bonds. The maximum absolute atomic E-state index is 4.61. The van der Waals surface area contributed by atoms with E-state index in [1.165, 1.54) is 5.56 Å². The third-order valence-electron chi connectivity index (χ3n) is 3.27. The number of aryl methyl sites for hydroxylation is 1. The zero-order chi connectivity index (χ0) is 13.9. The molecule has 102 valence electrons. The number of anilines is 1. The van der Waals surface area contributed by atoms with Gasteiger partial charge in [0, 0.05) is 12.1 Å². The van der Waals surface area contributed by atoms with E-state index in [0.29, 0.717) is 0 Å². The van der Waals surface area contributed by atoms with Crippen LogP contribution in [0.5, 0.6) is 0 Å². The molecule has 0 aliphatic heterocycles. The average molecular weight is 266 g/mol. The van der Waals surface area contributed by atoms with Crippen molar-refractivity contribution in [3.8, 4) is 11.3 Å². The van der Waals surface area contributed by atoms with Gasteiger partial charge >= 0.3 is 0 Å². The maximum atomic E-state index is 4.61. The second-order valence-electron chi connectivity index (χ2n) is 4.92. The predicted molar refractivity (Wildman–Crippen MR) is 81.9 cm³/mol. The summed E-state index contributed by atoms with van der Waals surface area (Å²) in [5.74, 6) is 0.880. The first-order valence-electron chi connectivity index (χ1n) is 6.93. The normalized spacial score (nSPS) is 10.9. The van der Waals surface area contributed by atoms with Crippen molar-refractivity contribution >= 4 is 11.5 Å². The van der Waals surface area contributed by atoms with Crippen molar-refractivity contribution in [2.75, 3.05) is 11.9 Å². The fourth-order valence-corrected chi connectivity index (χ4v) is 2.14. The molecular weight excluding hydrogens is 248 g/mol. The molecular formula is C16H18N4. The molecule has 4 nitrogen and oxygen atoms in total. The Labute approximate surface area is 118 Å². The fraction of sp³-hybridized carbons (Fsp3) is 0.250. The zero-order valence-corrected chi connectivity index (χ0v) is 11.8. The van der Waals surface area contributed by atoms with Gasteiger partial charge in [-0.25, -0.2) is 9.50 Å². The van der Waals surface area contributed by atoms with Crippen LogP contribution in [0.25, 0.3) is 16.9 Å². The molecule has 0 radical (unpaired) electrons. The molecule has 2 aromatic heterocycles. The van der Waals surface area contributed by atoms with Crippen LogP contribution in [0.2, 0.25) is 0 Å². The van der Waals surface area contributed by atoms with Gasteiger partial charge in [-0.1, -0.05) is 36.8 Å². The molecule has 2 heterocycles. The van der Waals surface area contributed by atoms with Crippen molar-refractivity contribution in [2.24, 2.45) is 0 Å². The summed E-state index contributed by atoms with van der Waals surface area (Å²) in [6, 6.07) is 12.4. The molecule has 0 unspecified atom stereocenters. The van der Waals surface area contributed by atoms with Crippen molar-refractivity contribution in [1.82, 2.24) is 14.6 Å². The second kappa shape index (κ2) is 5.33. The summed E-state index contributed by atoms with van der Waals surface area (Å²) in [7, 11) is 0. The van der Waals surface area contributed by atoms with Gasteiger partial charge in [-0.15, -0.1) is 5.10 Å². The smallest absolute Gasteiger partial charge is 0.154 e. The van der Waals surface area contributed by atoms with E-state index in [9.17, 15) is 0 Å². The Hall–Kier alpha value is -2.36. The zero-order valence-electron chi connectivity index (χ0n) is 11.8. The van der Waals surface area contributed by atoms with Crippen LogP contribution in [0.3, 0.4) is 0 Å². The summed E-state index contributed by atoms with van der Waals surface area (Å²) in [6.45, 7) is 5.15. The van der Waals surface area contributed by atoms with Gasteiger partial charge in [-0.3, -0.25) is 0 Å². The van der Waals surface area contributed by atoms with Gasteiger partial charge in [0.05, 0.1) is 11.9 Å². The number of nitrogens with zero attached hydrogens (tertiary/aromatic N) is 3. The van der Waals surface area contributed by atoms with Gasteiger partial charge in [0.15, 0.2) is 5.65 Å². The molecule has 0 aliphatic rings. The minimum Gasteiger partial charge on any atom is -0.369 e. The van der Waals surface area contributed by atoms with E-state index in [0.717, 1.165) is 35.7 Å². The first-order valence-corrected chi connectivity index (χ1v) is 6.93. The minimum absolute atomic E-state index is 0.864. The van der Waals surface area contributed by atoms with E-state index in [1.807, 2.05) is 22.8 Å². The molecule has 4 heteroatoms. The Bertz CT molecular complexity index is 713. The number of hydrogen-bond donors (Lipinski definition) is 1. The number of aromatic nitrogens is 3. The number of nitrogens with one attached hydrogen (secondary N) is 1. The quantitative estimate of drug-likeness (QED) is 0.785. The van der Waals surface area contributed by atoms with Crippen LogP contribution < -0.4 is 5.32 Å². The van der Waals surface area contributed by atoms with Crippen LogP contribution in [0.1, 0.15) is 18.9 Å². The third kappa shape index (κ3) is 2.37. The fourth-order valence-electron chi connectivity index (χ4n) is 2.14. The predicted octanol–water partition coefficient (Wildman–Crippen LogP) is 3.53. The van der Waals surface area contributed by atoms with Gasteiger partial charge < -0.3 is 5.32 Å². The van der Waals surface area contributed by atoms with Crippen LogP contribution in [0.4, 0.5) is 5.82 Å². The molecule has 1 N–H and O–H groups in total. The molecule has 1 aromatic carbocycles.